The lowest BCUT2D eigenvalue weighted by atomic mass is 9.33. The molecule has 36 heavy (non-hydrogen) atoms. The Labute approximate surface area is 217 Å². The van der Waals surface area contributed by atoms with Crippen LogP contribution in [0.15, 0.2) is 17.7 Å². The van der Waals surface area contributed by atoms with Gasteiger partial charge in [0.25, 0.3) is 0 Å². The van der Waals surface area contributed by atoms with E-state index in [9.17, 15) is 9.90 Å². The van der Waals surface area contributed by atoms with Gasteiger partial charge in [-0.2, -0.15) is 0 Å². The second-order valence-corrected chi connectivity index (χ2v) is 13.5. The molecule has 0 heterocycles. The van der Waals surface area contributed by atoms with Gasteiger partial charge in [0.1, 0.15) is 0 Å². The van der Waals surface area contributed by atoms with Crippen molar-refractivity contribution >= 4 is 5.97 Å². The number of fused-ring (bicyclic) bond motifs is 7. The summed E-state index contributed by atoms with van der Waals surface area (Å²) in [7, 11) is 3.20. The lowest BCUT2D eigenvalue weighted by Crippen LogP contribution is -2.63. The van der Waals surface area contributed by atoms with Crippen molar-refractivity contribution in [1.82, 2.24) is 0 Å². The molecule has 4 nitrogen and oxygen atoms in total. The molecule has 0 bridgehead atoms. The molecule has 0 radical (unpaired) electrons. The molecule has 4 aliphatic rings. The predicted octanol–water partition coefficient (Wildman–Crippen LogP) is 7.43. The van der Waals surface area contributed by atoms with Gasteiger partial charge in [0.05, 0.1) is 19.6 Å². The number of phenolic OH excluding ortho intramolecular Hbond substituents is 1. The molecule has 0 aliphatic heterocycles. The van der Waals surface area contributed by atoms with Crippen LogP contribution in [0.5, 0.6) is 11.5 Å². The van der Waals surface area contributed by atoms with E-state index in [0.717, 1.165) is 50.5 Å². The Kier molecular flexibility index (Phi) is 5.71. The Balaban J connectivity index is 1.64. The number of hydrogen-bond acceptors (Lipinski definition) is 4. The van der Waals surface area contributed by atoms with Gasteiger partial charge in [-0.3, -0.25) is 4.79 Å². The summed E-state index contributed by atoms with van der Waals surface area (Å²) in [5.41, 5.74) is 5.20. The number of ether oxygens (including phenoxy) is 2. The lowest BCUT2D eigenvalue weighted by Gasteiger charge is -2.70. The Morgan fingerprint density at radius 3 is 2.39 bits per heavy atom. The first-order valence-corrected chi connectivity index (χ1v) is 14.1. The molecular weight excluding hydrogens is 448 g/mol. The molecule has 0 unspecified atom stereocenters. The number of hydrogen-bond donors (Lipinski definition) is 1. The zero-order valence-corrected chi connectivity index (χ0v) is 23.8. The van der Waals surface area contributed by atoms with Crippen LogP contribution in [0.4, 0.5) is 0 Å². The first-order valence-electron chi connectivity index (χ1n) is 14.1. The Bertz CT molecular complexity index is 1140. The average molecular weight is 495 g/mol. The fourth-order valence-corrected chi connectivity index (χ4v) is 9.84. The van der Waals surface area contributed by atoms with Crippen LogP contribution in [0.25, 0.3) is 0 Å². The molecule has 1 N–H and O–H groups in total. The number of phenols is 1. The molecule has 3 fully saturated rings. The van der Waals surface area contributed by atoms with Crippen molar-refractivity contribution in [2.45, 2.75) is 105 Å². The molecule has 1 aromatic carbocycles. The van der Waals surface area contributed by atoms with Crippen LogP contribution in [0, 0.1) is 34.5 Å². The molecule has 198 valence electrons. The topological polar surface area (TPSA) is 55.8 Å². The van der Waals surface area contributed by atoms with Gasteiger partial charge >= 0.3 is 5.97 Å². The van der Waals surface area contributed by atoms with Gasteiger partial charge in [-0.25, -0.2) is 0 Å². The first-order chi connectivity index (χ1) is 16.9. The molecule has 3 saturated carbocycles. The standard InChI is InChI=1S/C32H46O4/c1-9-32-17-15-30(5)22-18-23(35-7)26(33)20(2)21(22)10-11-24(30)31(32,6)16-14-28(3)12-13-29(4,19-25(28)32)27(34)36-8/h11,18,25,33H,9-10,12-17,19H2,1-8H3/t25-,28-,29-,30+,31-,32+/m1/s1. The molecule has 0 aromatic heterocycles. The van der Waals surface area contributed by atoms with Crippen LogP contribution in [0.2, 0.25) is 0 Å². The third-order valence-electron chi connectivity index (χ3n) is 12.2. The highest BCUT2D eigenvalue weighted by Gasteiger charge is 2.68. The highest BCUT2D eigenvalue weighted by Crippen LogP contribution is 2.75. The highest BCUT2D eigenvalue weighted by molar-refractivity contribution is 5.76. The average Bonchev–Trinajstić information content (AvgIpc) is 2.86. The van der Waals surface area contributed by atoms with Crippen molar-refractivity contribution in [2.24, 2.45) is 27.6 Å². The summed E-state index contributed by atoms with van der Waals surface area (Å²) in [5.74, 6) is 1.33. The van der Waals surface area contributed by atoms with E-state index in [1.807, 2.05) is 6.92 Å². The van der Waals surface area contributed by atoms with Crippen LogP contribution >= 0.6 is 0 Å². The minimum absolute atomic E-state index is 0.0306. The highest BCUT2D eigenvalue weighted by atomic mass is 16.5. The van der Waals surface area contributed by atoms with Crippen molar-refractivity contribution in [3.05, 3.63) is 34.4 Å². The third-order valence-corrected chi connectivity index (χ3v) is 12.2. The first kappa shape index (κ1) is 25.7. The monoisotopic (exact) mass is 494 g/mol. The largest absolute Gasteiger partial charge is 0.504 e. The van der Waals surface area contributed by atoms with Gasteiger partial charge in [0, 0.05) is 5.41 Å². The van der Waals surface area contributed by atoms with Crippen molar-refractivity contribution < 1.29 is 19.4 Å². The maximum Gasteiger partial charge on any atom is 0.311 e. The van der Waals surface area contributed by atoms with E-state index >= 15 is 0 Å². The molecule has 1 aromatic rings. The summed E-state index contributed by atoms with van der Waals surface area (Å²) < 4.78 is 11.0. The van der Waals surface area contributed by atoms with E-state index in [4.69, 9.17) is 9.47 Å². The van der Waals surface area contributed by atoms with E-state index in [0.29, 0.717) is 11.7 Å². The van der Waals surface area contributed by atoms with E-state index in [-0.39, 0.29) is 33.4 Å². The minimum Gasteiger partial charge on any atom is -0.504 e. The quantitative estimate of drug-likeness (QED) is 0.351. The number of benzene rings is 1. The summed E-state index contributed by atoms with van der Waals surface area (Å²) in [6.07, 6.45) is 12.2. The van der Waals surface area contributed by atoms with Crippen molar-refractivity contribution in [1.29, 1.82) is 0 Å². The molecule has 0 saturated heterocycles. The molecule has 0 spiro atoms. The summed E-state index contributed by atoms with van der Waals surface area (Å²) in [6.45, 7) is 14.1. The second kappa shape index (κ2) is 8.01. The smallest absolute Gasteiger partial charge is 0.311 e. The molecule has 4 aliphatic carbocycles. The van der Waals surface area contributed by atoms with Crippen molar-refractivity contribution in [3.8, 4) is 11.5 Å². The predicted molar refractivity (Wildman–Crippen MR) is 143 cm³/mol. The number of allylic oxidation sites excluding steroid dienone is 2. The van der Waals surface area contributed by atoms with Crippen molar-refractivity contribution in [2.75, 3.05) is 14.2 Å². The molecule has 6 atom stereocenters. The van der Waals surface area contributed by atoms with E-state index in [2.05, 4.69) is 46.8 Å². The number of carbonyl (C=O) groups excluding carboxylic acids is 1. The number of rotatable bonds is 3. The summed E-state index contributed by atoms with van der Waals surface area (Å²) >= 11 is 0. The third kappa shape index (κ3) is 3.02. The maximum absolute atomic E-state index is 13.0. The number of methoxy groups -OCH3 is 2. The summed E-state index contributed by atoms with van der Waals surface area (Å²) in [4.78, 5) is 13.0. The van der Waals surface area contributed by atoms with Crippen LogP contribution < -0.4 is 4.74 Å². The van der Waals surface area contributed by atoms with Crippen LogP contribution in [-0.4, -0.2) is 25.3 Å². The van der Waals surface area contributed by atoms with Crippen LogP contribution in [-0.2, 0) is 21.4 Å². The molecule has 4 heteroatoms. The fraction of sp³-hybridized carbons (Fsp3) is 0.719. The molecule has 5 rings (SSSR count). The van der Waals surface area contributed by atoms with Crippen LogP contribution in [0.3, 0.4) is 0 Å². The second-order valence-electron chi connectivity index (χ2n) is 13.5. The Morgan fingerprint density at radius 1 is 1.06 bits per heavy atom. The van der Waals surface area contributed by atoms with Gasteiger partial charge in [-0.1, -0.05) is 39.3 Å². The van der Waals surface area contributed by atoms with Crippen molar-refractivity contribution in [3.63, 3.8) is 0 Å². The minimum atomic E-state index is -0.393. The molecular formula is C32H46O4. The van der Waals surface area contributed by atoms with Gasteiger partial charge in [0.15, 0.2) is 11.5 Å². The molecule has 0 amide bonds. The SMILES string of the molecule is CC[C@@]12CC[C@]3(C)C(=CCc4c3cc(OC)c(O)c4C)[C@@]1(C)CC[C@@]1(C)CC[C@@](C)(C(=O)OC)C[C@H]12. The van der Waals surface area contributed by atoms with Crippen LogP contribution in [0.1, 0.15) is 103 Å². The Hall–Kier alpha value is -1.97. The number of carbonyl (C=O) groups is 1. The Morgan fingerprint density at radius 2 is 1.75 bits per heavy atom. The van der Waals surface area contributed by atoms with E-state index in [1.54, 1.807) is 19.8 Å². The fourth-order valence-electron chi connectivity index (χ4n) is 9.84. The van der Waals surface area contributed by atoms with Gasteiger partial charge in [-0.05, 0) is 117 Å². The maximum atomic E-state index is 13.0. The lowest BCUT2D eigenvalue weighted by molar-refractivity contribution is -0.185. The van der Waals surface area contributed by atoms with Gasteiger partial charge < -0.3 is 14.6 Å². The van der Waals surface area contributed by atoms with E-state index < -0.39 is 5.41 Å². The number of esters is 1. The van der Waals surface area contributed by atoms with E-state index in [1.165, 1.54) is 24.0 Å². The normalized spacial score (nSPS) is 41.2. The van der Waals surface area contributed by atoms with Gasteiger partial charge in [-0.15, -0.1) is 0 Å². The zero-order valence-electron chi connectivity index (χ0n) is 23.8. The number of aromatic hydroxyl groups is 1. The van der Waals surface area contributed by atoms with Gasteiger partial charge in [0.2, 0.25) is 0 Å². The summed E-state index contributed by atoms with van der Waals surface area (Å²) in [6, 6.07) is 2.12. The zero-order chi connectivity index (χ0) is 26.3. The summed E-state index contributed by atoms with van der Waals surface area (Å²) in [5, 5.41) is 10.7.